The van der Waals surface area contributed by atoms with E-state index in [2.05, 4.69) is 0 Å². The average molecular weight is 442 g/mol. The predicted octanol–water partition coefficient (Wildman–Crippen LogP) is 3.19. The molecular weight excluding hydrogens is 416 g/mol. The third-order valence-electron chi connectivity index (χ3n) is 5.08. The zero-order valence-electron chi connectivity index (χ0n) is 18.1. The number of hydrogen-bond acceptors (Lipinski definition) is 8. The molecule has 0 amide bonds. The highest BCUT2D eigenvalue weighted by molar-refractivity contribution is 5.89. The highest BCUT2D eigenvalue weighted by atomic mass is 16.8. The molecule has 0 N–H and O–H groups in total. The van der Waals surface area contributed by atoms with Crippen molar-refractivity contribution in [2.24, 2.45) is 0 Å². The lowest BCUT2D eigenvalue weighted by Crippen LogP contribution is -2.59. The van der Waals surface area contributed by atoms with E-state index in [0.29, 0.717) is 5.56 Å². The maximum atomic E-state index is 12.8. The van der Waals surface area contributed by atoms with Gasteiger partial charge in [0.25, 0.3) is 0 Å². The van der Waals surface area contributed by atoms with Crippen LogP contribution in [0.3, 0.4) is 0 Å². The fourth-order valence-electron chi connectivity index (χ4n) is 3.76. The van der Waals surface area contributed by atoms with Gasteiger partial charge in [-0.25, -0.2) is 4.79 Å². The van der Waals surface area contributed by atoms with E-state index in [4.69, 9.17) is 28.4 Å². The third kappa shape index (κ3) is 5.16. The van der Waals surface area contributed by atoms with Crippen LogP contribution in [0.25, 0.3) is 0 Å². The quantitative estimate of drug-likeness (QED) is 0.630. The summed E-state index contributed by atoms with van der Waals surface area (Å²) in [6.07, 6.45) is -4.64. The van der Waals surface area contributed by atoms with Crippen molar-refractivity contribution < 1.29 is 38.0 Å². The Morgan fingerprint density at radius 1 is 0.875 bits per heavy atom. The van der Waals surface area contributed by atoms with E-state index in [1.807, 2.05) is 36.4 Å². The van der Waals surface area contributed by atoms with Gasteiger partial charge < -0.3 is 28.4 Å². The molecule has 2 aromatic carbocycles. The molecule has 2 fully saturated rings. The Kier molecular flexibility index (Phi) is 6.57. The molecule has 0 aliphatic carbocycles. The number of carbonyl (C=O) groups is 2. The first-order valence-corrected chi connectivity index (χ1v) is 10.4. The van der Waals surface area contributed by atoms with E-state index >= 15 is 0 Å². The molecule has 0 unspecified atom stereocenters. The van der Waals surface area contributed by atoms with Gasteiger partial charge in [-0.05, 0) is 31.5 Å². The maximum Gasteiger partial charge on any atom is 0.338 e. The second kappa shape index (κ2) is 9.38. The Morgan fingerprint density at radius 3 is 2.16 bits per heavy atom. The van der Waals surface area contributed by atoms with E-state index in [-0.39, 0.29) is 6.61 Å². The van der Waals surface area contributed by atoms with Crippen molar-refractivity contribution in [3.05, 3.63) is 71.8 Å². The van der Waals surface area contributed by atoms with E-state index in [1.54, 1.807) is 38.1 Å². The lowest BCUT2D eigenvalue weighted by Gasteiger charge is -2.40. The topological polar surface area (TPSA) is 89.5 Å². The van der Waals surface area contributed by atoms with E-state index in [1.165, 1.54) is 6.92 Å². The zero-order valence-corrected chi connectivity index (χ0v) is 18.1. The van der Waals surface area contributed by atoms with Gasteiger partial charge in [-0.15, -0.1) is 0 Å². The lowest BCUT2D eigenvalue weighted by molar-refractivity contribution is -0.326. The molecule has 2 aromatic rings. The van der Waals surface area contributed by atoms with Gasteiger partial charge >= 0.3 is 11.9 Å². The zero-order chi connectivity index (χ0) is 22.7. The van der Waals surface area contributed by atoms with Crippen LogP contribution in [0, 0.1) is 0 Å². The van der Waals surface area contributed by atoms with Gasteiger partial charge in [-0.3, -0.25) is 4.79 Å². The Balaban J connectivity index is 1.60. The summed E-state index contributed by atoms with van der Waals surface area (Å²) in [5.41, 5.74) is 1.28. The van der Waals surface area contributed by atoms with Crippen LogP contribution in [0.4, 0.5) is 0 Å². The van der Waals surface area contributed by atoms with Crippen LogP contribution in [-0.2, 0) is 39.8 Å². The normalized spacial score (nSPS) is 28.5. The van der Waals surface area contributed by atoms with Gasteiger partial charge in [0.15, 0.2) is 18.0 Å². The van der Waals surface area contributed by atoms with E-state index in [9.17, 15) is 9.59 Å². The molecule has 0 saturated carbocycles. The van der Waals surface area contributed by atoms with Crippen LogP contribution in [0.15, 0.2) is 60.7 Å². The minimum Gasteiger partial charge on any atom is -0.450 e. The Morgan fingerprint density at radius 2 is 1.50 bits per heavy atom. The molecule has 8 nitrogen and oxygen atoms in total. The highest BCUT2D eigenvalue weighted by Gasteiger charge is 2.58. The maximum absolute atomic E-state index is 12.8. The summed E-state index contributed by atoms with van der Waals surface area (Å²) in [6.45, 7) is 4.93. The molecule has 0 radical (unpaired) electrons. The molecule has 8 heteroatoms. The van der Waals surface area contributed by atoms with Crippen molar-refractivity contribution in [1.82, 2.24) is 0 Å². The summed E-state index contributed by atoms with van der Waals surface area (Å²) < 4.78 is 35.0. The summed E-state index contributed by atoms with van der Waals surface area (Å²) >= 11 is 0. The highest BCUT2D eigenvalue weighted by Crippen LogP contribution is 2.39. The lowest BCUT2D eigenvalue weighted by atomic mass is 10.0. The van der Waals surface area contributed by atoms with Gasteiger partial charge in [0, 0.05) is 6.92 Å². The smallest absolute Gasteiger partial charge is 0.338 e. The van der Waals surface area contributed by atoms with Crippen LogP contribution in [-0.4, -0.2) is 48.6 Å². The molecule has 0 bridgehead atoms. The van der Waals surface area contributed by atoms with E-state index < -0.39 is 48.6 Å². The van der Waals surface area contributed by atoms with E-state index in [0.717, 1.165) is 5.56 Å². The van der Waals surface area contributed by atoms with Crippen molar-refractivity contribution in [3.63, 3.8) is 0 Å². The van der Waals surface area contributed by atoms with Gasteiger partial charge in [-0.1, -0.05) is 48.5 Å². The molecular formula is C24H26O8. The Hall–Kier alpha value is -2.78. The monoisotopic (exact) mass is 442 g/mol. The SMILES string of the molecule is CC(=O)O[C@H]1O[C@@H](OCc2ccccc2)[C@H](OC(=O)c2ccccc2)[C@H]2OC(C)(C)O[C@@H]12. The molecule has 0 spiro atoms. The number of benzene rings is 2. The second-order valence-electron chi connectivity index (χ2n) is 8.08. The van der Waals surface area contributed by atoms with Crippen molar-refractivity contribution in [2.75, 3.05) is 0 Å². The van der Waals surface area contributed by atoms with Gasteiger partial charge in [0.2, 0.25) is 12.6 Å². The van der Waals surface area contributed by atoms with Crippen LogP contribution in [0.5, 0.6) is 0 Å². The number of hydrogen-bond donors (Lipinski definition) is 0. The molecule has 170 valence electrons. The first-order valence-electron chi connectivity index (χ1n) is 10.4. The third-order valence-corrected chi connectivity index (χ3v) is 5.08. The van der Waals surface area contributed by atoms with Gasteiger partial charge in [-0.2, -0.15) is 0 Å². The Bertz CT molecular complexity index is 930. The molecule has 32 heavy (non-hydrogen) atoms. The molecule has 4 rings (SSSR count). The van der Waals surface area contributed by atoms with Crippen LogP contribution in [0.2, 0.25) is 0 Å². The van der Waals surface area contributed by atoms with Crippen molar-refractivity contribution >= 4 is 11.9 Å². The second-order valence-corrected chi connectivity index (χ2v) is 8.08. The molecule has 0 aromatic heterocycles. The number of rotatable bonds is 6. The summed E-state index contributed by atoms with van der Waals surface area (Å²) in [6, 6.07) is 18.1. The van der Waals surface area contributed by atoms with Gasteiger partial charge in [0.05, 0.1) is 12.2 Å². The van der Waals surface area contributed by atoms with Crippen molar-refractivity contribution in [2.45, 2.75) is 64.1 Å². The standard InChI is InChI=1S/C24H26O8/c1-15(25)28-23-20-18(31-24(2,3)32-20)19(29-21(26)17-12-8-5-9-13-17)22(30-23)27-14-16-10-6-4-7-11-16/h4-13,18-20,22-23H,14H2,1-3H3/t18-,19-,20-,22-,23+/m1/s1. The molecule has 5 atom stereocenters. The molecule has 2 heterocycles. The first-order chi connectivity index (χ1) is 15.3. The first kappa shape index (κ1) is 22.4. The van der Waals surface area contributed by atoms with Crippen molar-refractivity contribution in [1.29, 1.82) is 0 Å². The molecule has 2 saturated heterocycles. The molecule has 2 aliphatic rings. The Labute approximate surface area is 186 Å². The summed E-state index contributed by atoms with van der Waals surface area (Å²) in [5.74, 6) is -2.09. The number of esters is 2. The minimum atomic E-state index is -1.08. The minimum absolute atomic E-state index is 0.194. The fourth-order valence-corrected chi connectivity index (χ4v) is 3.76. The largest absolute Gasteiger partial charge is 0.450 e. The number of fused-ring (bicyclic) bond motifs is 1. The van der Waals surface area contributed by atoms with Crippen LogP contribution >= 0.6 is 0 Å². The molecule has 2 aliphatic heterocycles. The fraction of sp³-hybridized carbons (Fsp3) is 0.417. The van der Waals surface area contributed by atoms with Crippen LogP contribution in [0.1, 0.15) is 36.7 Å². The summed E-state index contributed by atoms with van der Waals surface area (Å²) in [7, 11) is 0. The predicted molar refractivity (Wildman–Crippen MR) is 111 cm³/mol. The van der Waals surface area contributed by atoms with Crippen molar-refractivity contribution in [3.8, 4) is 0 Å². The van der Waals surface area contributed by atoms with Crippen LogP contribution < -0.4 is 0 Å². The number of ether oxygens (including phenoxy) is 6. The van der Waals surface area contributed by atoms with Gasteiger partial charge in [0.1, 0.15) is 6.10 Å². The summed E-state index contributed by atoms with van der Waals surface area (Å²) in [4.78, 5) is 24.5. The summed E-state index contributed by atoms with van der Waals surface area (Å²) in [5, 5.41) is 0. The number of carbonyl (C=O) groups excluding carboxylic acids is 2. The average Bonchev–Trinajstić information content (AvgIpc) is 3.10.